The summed E-state index contributed by atoms with van der Waals surface area (Å²) in [5, 5.41) is 18.5. The molecule has 0 amide bonds. The maximum absolute atomic E-state index is 13.2. The Balaban J connectivity index is 3.10. The van der Waals surface area contributed by atoms with E-state index in [1.54, 1.807) is 0 Å². The molecular weight excluding hydrogens is 244 g/mol. The molecule has 1 rings (SSSR count). The average molecular weight is 254 g/mol. The van der Waals surface area contributed by atoms with E-state index in [-0.39, 0.29) is 22.2 Å². The molecule has 1 aromatic carbocycles. The second-order valence-electron chi connectivity index (χ2n) is 3.04. The van der Waals surface area contributed by atoms with Gasteiger partial charge in [-0.15, -0.1) is 11.6 Å². The van der Waals surface area contributed by atoms with Gasteiger partial charge < -0.3 is 15.9 Å². The molecule has 4 N–H and O–H groups in total. The zero-order chi connectivity index (χ0) is 11.6. The molecule has 0 spiro atoms. The molecule has 0 heterocycles. The number of hydrogen-bond acceptors (Lipinski definition) is 3. The topological polar surface area (TPSA) is 66.5 Å². The molecule has 0 saturated heterocycles. The van der Waals surface area contributed by atoms with E-state index in [9.17, 15) is 14.6 Å². The zero-order valence-corrected chi connectivity index (χ0v) is 9.13. The maximum Gasteiger partial charge on any atom is 0.165 e. The summed E-state index contributed by atoms with van der Waals surface area (Å²) in [6.45, 7) is 0. The minimum atomic E-state index is -1.33. The summed E-state index contributed by atoms with van der Waals surface area (Å²) in [5.74, 6) is -0.987. The summed E-state index contributed by atoms with van der Waals surface area (Å²) < 4.78 is 13.2. The lowest BCUT2D eigenvalue weighted by Gasteiger charge is -2.17. The standard InChI is InChI=1S/C9H10Cl2FNO2/c10-3-6(14)9(15)4-1-2-5(13)8(12)7(4)11/h1-2,6,9,14-15H,3,13H2. The molecule has 0 fully saturated rings. The summed E-state index contributed by atoms with van der Waals surface area (Å²) >= 11 is 11.0. The van der Waals surface area contributed by atoms with Crippen LogP contribution in [0.5, 0.6) is 0 Å². The van der Waals surface area contributed by atoms with Gasteiger partial charge in [0.25, 0.3) is 0 Å². The SMILES string of the molecule is Nc1ccc(C(O)C(O)CCl)c(Cl)c1F. The van der Waals surface area contributed by atoms with E-state index in [0.29, 0.717) is 0 Å². The predicted molar refractivity (Wildman–Crippen MR) is 57.5 cm³/mol. The van der Waals surface area contributed by atoms with Gasteiger partial charge in [-0.25, -0.2) is 4.39 Å². The number of halogens is 3. The number of nitrogens with two attached hydrogens (primary N) is 1. The fourth-order valence-electron chi connectivity index (χ4n) is 1.10. The fourth-order valence-corrected chi connectivity index (χ4v) is 1.55. The third-order valence-corrected chi connectivity index (χ3v) is 2.68. The van der Waals surface area contributed by atoms with Gasteiger partial charge in [-0.2, -0.15) is 0 Å². The molecule has 6 heteroatoms. The van der Waals surface area contributed by atoms with Crippen LogP contribution in [-0.4, -0.2) is 22.2 Å². The Morgan fingerprint density at radius 2 is 2.00 bits per heavy atom. The van der Waals surface area contributed by atoms with Gasteiger partial charge in [0, 0.05) is 5.56 Å². The summed E-state index contributed by atoms with van der Waals surface area (Å²) in [7, 11) is 0. The van der Waals surface area contributed by atoms with Crippen LogP contribution in [0, 0.1) is 5.82 Å². The van der Waals surface area contributed by atoms with Crippen molar-refractivity contribution in [1.29, 1.82) is 0 Å². The minimum absolute atomic E-state index is 0.0662. The smallest absolute Gasteiger partial charge is 0.165 e. The van der Waals surface area contributed by atoms with E-state index in [0.717, 1.165) is 0 Å². The van der Waals surface area contributed by atoms with Crippen molar-refractivity contribution in [2.24, 2.45) is 0 Å². The summed E-state index contributed by atoms with van der Waals surface area (Å²) in [6.07, 6.45) is -2.53. The highest BCUT2D eigenvalue weighted by atomic mass is 35.5. The third-order valence-electron chi connectivity index (χ3n) is 1.98. The van der Waals surface area contributed by atoms with Crippen LogP contribution < -0.4 is 5.73 Å². The normalized spacial score (nSPS) is 15.0. The summed E-state index contributed by atoms with van der Waals surface area (Å²) in [5.41, 5.74) is 5.22. The third kappa shape index (κ3) is 2.52. The van der Waals surface area contributed by atoms with Crippen LogP contribution in [0.3, 0.4) is 0 Å². The summed E-state index contributed by atoms with van der Waals surface area (Å²) in [6, 6.07) is 2.61. The van der Waals surface area contributed by atoms with Crippen molar-refractivity contribution in [3.05, 3.63) is 28.5 Å². The van der Waals surface area contributed by atoms with E-state index in [2.05, 4.69) is 0 Å². The molecule has 0 aromatic heterocycles. The van der Waals surface area contributed by atoms with Crippen molar-refractivity contribution in [2.75, 3.05) is 11.6 Å². The van der Waals surface area contributed by atoms with E-state index in [1.165, 1.54) is 12.1 Å². The molecule has 84 valence electrons. The number of hydrogen-bond donors (Lipinski definition) is 3. The van der Waals surface area contributed by atoms with Crippen molar-refractivity contribution in [2.45, 2.75) is 12.2 Å². The first-order chi connectivity index (χ1) is 6.99. The number of aliphatic hydroxyl groups is 2. The number of anilines is 1. The van der Waals surface area contributed by atoms with Crippen molar-refractivity contribution in [3.63, 3.8) is 0 Å². The number of rotatable bonds is 3. The highest BCUT2D eigenvalue weighted by molar-refractivity contribution is 6.31. The highest BCUT2D eigenvalue weighted by Gasteiger charge is 2.22. The molecule has 0 aliphatic rings. The zero-order valence-electron chi connectivity index (χ0n) is 7.62. The van der Waals surface area contributed by atoms with Gasteiger partial charge in [0.05, 0.1) is 22.7 Å². The van der Waals surface area contributed by atoms with Crippen LogP contribution in [0.25, 0.3) is 0 Å². The van der Waals surface area contributed by atoms with E-state index < -0.39 is 18.0 Å². The van der Waals surface area contributed by atoms with Gasteiger partial charge >= 0.3 is 0 Å². The molecule has 15 heavy (non-hydrogen) atoms. The molecule has 3 nitrogen and oxygen atoms in total. The van der Waals surface area contributed by atoms with Gasteiger partial charge in [-0.3, -0.25) is 0 Å². The first kappa shape index (κ1) is 12.5. The lowest BCUT2D eigenvalue weighted by molar-refractivity contribution is 0.0326. The van der Waals surface area contributed by atoms with Crippen molar-refractivity contribution >= 4 is 28.9 Å². The van der Waals surface area contributed by atoms with Crippen LogP contribution in [0.1, 0.15) is 11.7 Å². The fraction of sp³-hybridized carbons (Fsp3) is 0.333. The van der Waals surface area contributed by atoms with Crippen molar-refractivity contribution in [3.8, 4) is 0 Å². The second kappa shape index (κ2) is 4.99. The Morgan fingerprint density at radius 1 is 1.40 bits per heavy atom. The van der Waals surface area contributed by atoms with Crippen LogP contribution in [0.2, 0.25) is 5.02 Å². The van der Waals surface area contributed by atoms with Gasteiger partial charge in [0.1, 0.15) is 6.10 Å². The monoisotopic (exact) mass is 253 g/mol. The van der Waals surface area contributed by atoms with Gasteiger partial charge in [0.2, 0.25) is 0 Å². The molecule has 2 unspecified atom stereocenters. The Morgan fingerprint density at radius 3 is 2.53 bits per heavy atom. The van der Waals surface area contributed by atoms with Crippen molar-refractivity contribution in [1.82, 2.24) is 0 Å². The average Bonchev–Trinajstić information content (AvgIpc) is 2.24. The Hall–Kier alpha value is -0.550. The summed E-state index contributed by atoms with van der Waals surface area (Å²) in [4.78, 5) is 0. The quantitative estimate of drug-likeness (QED) is 0.568. The van der Waals surface area contributed by atoms with Gasteiger partial charge in [0.15, 0.2) is 5.82 Å². The molecule has 2 atom stereocenters. The maximum atomic E-state index is 13.2. The number of aliphatic hydroxyl groups excluding tert-OH is 2. The lowest BCUT2D eigenvalue weighted by atomic mass is 10.0. The Labute approximate surface area is 96.2 Å². The molecular formula is C9H10Cl2FNO2. The number of alkyl halides is 1. The minimum Gasteiger partial charge on any atom is -0.396 e. The first-order valence-electron chi connectivity index (χ1n) is 4.14. The number of nitrogen functional groups attached to an aromatic ring is 1. The van der Waals surface area contributed by atoms with Crippen LogP contribution in [0.4, 0.5) is 10.1 Å². The molecule has 1 aromatic rings. The van der Waals surface area contributed by atoms with Crippen LogP contribution >= 0.6 is 23.2 Å². The Bertz CT molecular complexity index is 362. The largest absolute Gasteiger partial charge is 0.396 e. The predicted octanol–water partition coefficient (Wildman–Crippen LogP) is 1.69. The molecule has 0 aliphatic carbocycles. The van der Waals surface area contributed by atoms with Crippen LogP contribution in [-0.2, 0) is 0 Å². The molecule has 0 bridgehead atoms. The van der Waals surface area contributed by atoms with E-state index in [1.807, 2.05) is 0 Å². The highest BCUT2D eigenvalue weighted by Crippen LogP contribution is 2.30. The lowest BCUT2D eigenvalue weighted by Crippen LogP contribution is -2.20. The van der Waals surface area contributed by atoms with Crippen molar-refractivity contribution < 1.29 is 14.6 Å². The second-order valence-corrected chi connectivity index (χ2v) is 3.73. The molecule has 0 saturated carbocycles. The number of benzene rings is 1. The van der Waals surface area contributed by atoms with Crippen LogP contribution in [0.15, 0.2) is 12.1 Å². The van der Waals surface area contributed by atoms with Gasteiger partial charge in [-0.05, 0) is 6.07 Å². The first-order valence-corrected chi connectivity index (χ1v) is 5.05. The van der Waals surface area contributed by atoms with E-state index >= 15 is 0 Å². The van der Waals surface area contributed by atoms with Gasteiger partial charge in [-0.1, -0.05) is 17.7 Å². The Kier molecular flexibility index (Phi) is 4.16. The molecule has 0 radical (unpaired) electrons. The molecule has 0 aliphatic heterocycles. The van der Waals surface area contributed by atoms with E-state index in [4.69, 9.17) is 28.9 Å².